The highest BCUT2D eigenvalue weighted by molar-refractivity contribution is 6.56. The molecule has 3 N–H and O–H groups in total. The van der Waals surface area contributed by atoms with Crippen molar-refractivity contribution in [3.8, 4) is 5.82 Å². The van der Waals surface area contributed by atoms with Crippen LogP contribution < -0.4 is 16.1 Å². The number of piperidine rings is 1. The van der Waals surface area contributed by atoms with Crippen molar-refractivity contribution in [3.63, 3.8) is 0 Å². The summed E-state index contributed by atoms with van der Waals surface area (Å²) in [6, 6.07) is 6.57. The number of fused-ring (bicyclic) bond motifs is 1. The fourth-order valence-electron chi connectivity index (χ4n) is 4.20. The van der Waals surface area contributed by atoms with Gasteiger partial charge in [-0.3, -0.25) is 24.2 Å². The molecule has 1 aromatic carbocycles. The fourth-order valence-corrected chi connectivity index (χ4v) is 4.20. The SMILES string of the molecule is C/C(=N/NC(=O)c1c(CN2CCCCC2)nnn1-c1nonc1N)N1C(=O)C(=O)c2ccccc21. The van der Waals surface area contributed by atoms with Crippen molar-refractivity contribution in [1.29, 1.82) is 0 Å². The van der Waals surface area contributed by atoms with E-state index >= 15 is 0 Å². The summed E-state index contributed by atoms with van der Waals surface area (Å²) in [4.78, 5) is 41.4. The molecule has 0 bridgehead atoms. The average molecular weight is 478 g/mol. The molecule has 0 saturated carbocycles. The standard InChI is InChI=1S/C21H22N10O4/c1-12(30-15-8-4-3-7-13(15)17(32)21(30)34)23-25-20(33)16-14(11-29-9-5-2-6-10-29)24-28-31(16)19-18(22)26-35-27-19/h3-4,7-8H,2,5-6,9-11H2,1H3,(H2,22,26)(H,25,33)/b23-12-. The first kappa shape index (κ1) is 22.3. The molecular weight excluding hydrogens is 456 g/mol. The Morgan fingerprint density at radius 3 is 2.69 bits per heavy atom. The van der Waals surface area contributed by atoms with E-state index in [2.05, 4.69) is 40.7 Å². The van der Waals surface area contributed by atoms with Gasteiger partial charge in [0.15, 0.2) is 5.69 Å². The van der Waals surface area contributed by atoms with Crippen LogP contribution in [0, 0.1) is 0 Å². The maximum Gasteiger partial charge on any atom is 0.305 e. The molecule has 0 radical (unpaired) electrons. The number of amides is 2. The van der Waals surface area contributed by atoms with Crippen LogP contribution in [0.5, 0.6) is 0 Å². The van der Waals surface area contributed by atoms with Crippen LogP contribution in [-0.4, -0.2) is 66.7 Å². The molecule has 2 aliphatic rings. The average Bonchev–Trinajstić information content (AvgIpc) is 3.54. The molecule has 2 aliphatic heterocycles. The highest BCUT2D eigenvalue weighted by Gasteiger charge is 2.37. The van der Waals surface area contributed by atoms with Crippen LogP contribution in [0.3, 0.4) is 0 Å². The Bertz CT molecular complexity index is 1340. The van der Waals surface area contributed by atoms with Crippen molar-refractivity contribution in [1.82, 2.24) is 35.6 Å². The fraction of sp³-hybridized carbons (Fsp3) is 0.333. The van der Waals surface area contributed by atoms with Gasteiger partial charge in [0.2, 0.25) is 11.6 Å². The van der Waals surface area contributed by atoms with Crippen molar-refractivity contribution in [2.24, 2.45) is 5.10 Å². The molecule has 1 fully saturated rings. The highest BCUT2D eigenvalue weighted by atomic mass is 16.6. The van der Waals surface area contributed by atoms with Gasteiger partial charge in [-0.2, -0.15) is 9.78 Å². The Hall–Kier alpha value is -4.46. The molecule has 5 rings (SSSR count). The Kier molecular flexibility index (Phi) is 5.78. The van der Waals surface area contributed by atoms with Crippen LogP contribution in [0.4, 0.5) is 11.5 Å². The van der Waals surface area contributed by atoms with E-state index in [4.69, 9.17) is 5.73 Å². The van der Waals surface area contributed by atoms with E-state index in [1.807, 2.05) is 0 Å². The number of anilines is 2. The van der Waals surface area contributed by atoms with E-state index < -0.39 is 17.6 Å². The van der Waals surface area contributed by atoms with E-state index in [0.717, 1.165) is 41.9 Å². The van der Waals surface area contributed by atoms with Gasteiger partial charge in [0.1, 0.15) is 11.5 Å². The van der Waals surface area contributed by atoms with Gasteiger partial charge < -0.3 is 5.73 Å². The van der Waals surface area contributed by atoms with Crippen molar-refractivity contribution in [2.45, 2.75) is 32.7 Å². The largest absolute Gasteiger partial charge is 0.378 e. The van der Waals surface area contributed by atoms with Crippen LogP contribution in [-0.2, 0) is 11.3 Å². The number of nitrogens with two attached hydrogens (primary N) is 1. The third-order valence-electron chi connectivity index (χ3n) is 5.90. The molecule has 2 amide bonds. The van der Waals surface area contributed by atoms with E-state index in [1.54, 1.807) is 24.3 Å². The Morgan fingerprint density at radius 1 is 1.17 bits per heavy atom. The molecule has 0 unspecified atom stereocenters. The number of nitrogen functional groups attached to an aromatic ring is 1. The lowest BCUT2D eigenvalue weighted by Gasteiger charge is -2.25. The molecule has 35 heavy (non-hydrogen) atoms. The number of aromatic nitrogens is 5. The zero-order valence-electron chi connectivity index (χ0n) is 18.8. The normalized spacial score (nSPS) is 16.6. The van der Waals surface area contributed by atoms with Crippen LogP contribution in [0.15, 0.2) is 34.0 Å². The number of hydrogen-bond acceptors (Lipinski definition) is 11. The smallest absolute Gasteiger partial charge is 0.305 e. The number of nitrogens with zero attached hydrogens (tertiary/aromatic N) is 8. The number of hydrogen-bond donors (Lipinski definition) is 2. The number of Topliss-reactive ketones (excluding diaryl/α,β-unsaturated/α-hetero) is 1. The van der Waals surface area contributed by atoms with Crippen LogP contribution in [0.1, 0.15) is 52.7 Å². The van der Waals surface area contributed by atoms with Gasteiger partial charge in [0.25, 0.3) is 11.7 Å². The number of likely N-dealkylation sites (tertiary alicyclic amines) is 1. The summed E-state index contributed by atoms with van der Waals surface area (Å²) in [6.07, 6.45) is 3.28. The lowest BCUT2D eigenvalue weighted by atomic mass is 10.1. The van der Waals surface area contributed by atoms with Gasteiger partial charge >= 0.3 is 5.91 Å². The molecule has 14 nitrogen and oxygen atoms in total. The van der Waals surface area contributed by atoms with E-state index in [1.165, 1.54) is 6.92 Å². The van der Waals surface area contributed by atoms with Gasteiger partial charge in [-0.15, -0.1) is 5.10 Å². The molecule has 2 aromatic heterocycles. The number of benzene rings is 1. The lowest BCUT2D eigenvalue weighted by Crippen LogP contribution is -2.36. The minimum Gasteiger partial charge on any atom is -0.378 e. The highest BCUT2D eigenvalue weighted by Crippen LogP contribution is 2.28. The molecular formula is C21H22N10O4. The molecule has 180 valence electrons. The predicted octanol–water partition coefficient (Wildman–Crippen LogP) is 0.511. The number of nitrogens with one attached hydrogen (secondary N) is 1. The van der Waals surface area contributed by atoms with Crippen LogP contribution in [0.2, 0.25) is 0 Å². The number of hydrazone groups is 1. The Morgan fingerprint density at radius 2 is 1.94 bits per heavy atom. The van der Waals surface area contributed by atoms with E-state index in [-0.39, 0.29) is 28.7 Å². The van der Waals surface area contributed by atoms with E-state index in [0.29, 0.717) is 17.9 Å². The molecule has 3 aromatic rings. The predicted molar refractivity (Wildman–Crippen MR) is 122 cm³/mol. The molecule has 14 heteroatoms. The number of ketones is 1. The summed E-state index contributed by atoms with van der Waals surface area (Å²) in [5, 5.41) is 19.5. The second-order valence-corrected chi connectivity index (χ2v) is 8.19. The van der Waals surface area contributed by atoms with Crippen molar-refractivity contribution < 1.29 is 19.0 Å². The first-order valence-corrected chi connectivity index (χ1v) is 11.0. The second-order valence-electron chi connectivity index (χ2n) is 8.19. The third-order valence-corrected chi connectivity index (χ3v) is 5.90. The Labute approximate surface area is 198 Å². The minimum atomic E-state index is -0.749. The molecule has 0 aliphatic carbocycles. The van der Waals surface area contributed by atoms with Gasteiger partial charge in [0, 0.05) is 6.54 Å². The van der Waals surface area contributed by atoms with Crippen molar-refractivity contribution in [2.75, 3.05) is 23.7 Å². The van der Waals surface area contributed by atoms with Crippen LogP contribution >= 0.6 is 0 Å². The van der Waals surface area contributed by atoms with Gasteiger partial charge in [-0.05, 0) is 55.3 Å². The first-order chi connectivity index (χ1) is 17.0. The number of amidine groups is 1. The molecule has 1 saturated heterocycles. The zero-order chi connectivity index (χ0) is 24.5. The van der Waals surface area contributed by atoms with E-state index in [9.17, 15) is 14.4 Å². The topological polar surface area (TPSA) is 178 Å². The number of rotatable bonds is 5. The quantitative estimate of drug-likeness (QED) is 0.227. The number of carbonyl (C=O) groups excluding carboxylic acids is 3. The van der Waals surface area contributed by atoms with Gasteiger partial charge in [0.05, 0.1) is 11.3 Å². The number of para-hydroxylation sites is 1. The zero-order valence-corrected chi connectivity index (χ0v) is 18.8. The summed E-state index contributed by atoms with van der Waals surface area (Å²) in [6.45, 7) is 3.66. The molecule has 0 atom stereocenters. The monoisotopic (exact) mass is 478 g/mol. The summed E-state index contributed by atoms with van der Waals surface area (Å²) in [5.74, 6) is -1.98. The summed E-state index contributed by atoms with van der Waals surface area (Å²) < 4.78 is 5.80. The van der Waals surface area contributed by atoms with Crippen molar-refractivity contribution in [3.05, 3.63) is 41.2 Å². The molecule has 0 spiro atoms. The summed E-state index contributed by atoms with van der Waals surface area (Å²) in [5.41, 5.74) is 9.38. The molecule has 4 heterocycles. The Balaban J connectivity index is 1.44. The summed E-state index contributed by atoms with van der Waals surface area (Å²) in [7, 11) is 0. The lowest BCUT2D eigenvalue weighted by molar-refractivity contribution is -0.113. The maximum atomic E-state index is 13.3. The summed E-state index contributed by atoms with van der Waals surface area (Å²) >= 11 is 0. The minimum absolute atomic E-state index is 0.0162. The number of carbonyl (C=O) groups is 3. The second kappa shape index (κ2) is 9.06. The maximum absolute atomic E-state index is 13.3. The van der Waals surface area contributed by atoms with Gasteiger partial charge in [-0.25, -0.2) is 10.1 Å². The third kappa shape index (κ3) is 4.03. The van der Waals surface area contributed by atoms with Gasteiger partial charge in [-0.1, -0.05) is 23.8 Å². The first-order valence-electron chi connectivity index (χ1n) is 11.0. The van der Waals surface area contributed by atoms with Crippen LogP contribution in [0.25, 0.3) is 5.82 Å². The van der Waals surface area contributed by atoms with Crippen molar-refractivity contribution >= 4 is 34.9 Å².